The van der Waals surface area contributed by atoms with Gasteiger partial charge >= 0.3 is 5.69 Å². The maximum absolute atomic E-state index is 13.5. The van der Waals surface area contributed by atoms with Crippen LogP contribution in [0.15, 0.2) is 12.1 Å². The second-order valence-electron chi connectivity index (χ2n) is 4.15. The minimum absolute atomic E-state index is 0.00243. The zero-order chi connectivity index (χ0) is 14.4. The number of aliphatic hydroxyl groups is 1. The number of hydrogen-bond acceptors (Lipinski definition) is 4. The van der Waals surface area contributed by atoms with E-state index in [9.17, 15) is 18.9 Å². The monoisotopic (exact) mass is 274 g/mol. The molecule has 0 aliphatic carbocycles. The Morgan fingerprint density at radius 1 is 1.42 bits per heavy atom. The van der Waals surface area contributed by atoms with E-state index in [-0.39, 0.29) is 24.8 Å². The third-order valence-corrected chi connectivity index (χ3v) is 2.86. The number of nitro groups is 1. The molecule has 1 aromatic carbocycles. The lowest BCUT2D eigenvalue weighted by Gasteiger charge is -2.15. The lowest BCUT2D eigenvalue weighted by Crippen LogP contribution is -2.29. The van der Waals surface area contributed by atoms with Gasteiger partial charge < -0.3 is 10.4 Å². The fourth-order valence-electron chi connectivity index (χ4n) is 1.72. The quantitative estimate of drug-likeness (QED) is 0.590. The van der Waals surface area contributed by atoms with Crippen molar-refractivity contribution < 1.29 is 18.8 Å². The van der Waals surface area contributed by atoms with Crippen LogP contribution in [-0.4, -0.2) is 22.7 Å². The van der Waals surface area contributed by atoms with Crippen molar-refractivity contribution in [3.63, 3.8) is 0 Å². The van der Waals surface area contributed by atoms with Crippen molar-refractivity contribution in [2.75, 3.05) is 6.61 Å². The van der Waals surface area contributed by atoms with Crippen LogP contribution in [0, 0.1) is 21.7 Å². The summed E-state index contributed by atoms with van der Waals surface area (Å²) in [7, 11) is 0. The van der Waals surface area contributed by atoms with Gasteiger partial charge in [-0.3, -0.25) is 10.1 Å². The molecule has 0 bridgehead atoms. The highest BCUT2D eigenvalue weighted by atomic mass is 19.1. The minimum atomic E-state index is -1.19. The molecule has 0 heterocycles. The molecule has 0 saturated carbocycles. The van der Waals surface area contributed by atoms with Crippen LogP contribution in [0.25, 0.3) is 0 Å². The predicted octanol–water partition coefficient (Wildman–Crippen LogP) is 2.12. The van der Waals surface area contributed by atoms with Crippen LogP contribution in [-0.2, 0) is 6.54 Å². The molecule has 5 nitrogen and oxygen atoms in total. The highest BCUT2D eigenvalue weighted by Gasteiger charge is 2.18. The number of rotatable bonds is 7. The standard InChI is InChI=1S/C12H16F2N2O3/c1-2-9(3-4-17)15-7-8-5-12(16(18)19)11(14)6-10(8)13/h5-6,9,15,17H,2-4,7H2,1H3. The van der Waals surface area contributed by atoms with Gasteiger partial charge in [-0.1, -0.05) is 6.92 Å². The largest absolute Gasteiger partial charge is 0.396 e. The molecule has 106 valence electrons. The molecule has 0 fully saturated rings. The molecule has 0 aliphatic rings. The van der Waals surface area contributed by atoms with Gasteiger partial charge in [0.25, 0.3) is 0 Å². The summed E-state index contributed by atoms with van der Waals surface area (Å²) in [6.07, 6.45) is 1.23. The topological polar surface area (TPSA) is 75.4 Å². The van der Waals surface area contributed by atoms with Crippen molar-refractivity contribution in [1.82, 2.24) is 5.32 Å². The van der Waals surface area contributed by atoms with Crippen LogP contribution in [0.1, 0.15) is 25.3 Å². The Bertz CT molecular complexity index is 455. The number of benzene rings is 1. The van der Waals surface area contributed by atoms with Crippen molar-refractivity contribution in [1.29, 1.82) is 0 Å². The zero-order valence-corrected chi connectivity index (χ0v) is 10.5. The minimum Gasteiger partial charge on any atom is -0.396 e. The Balaban J connectivity index is 2.83. The Morgan fingerprint density at radius 3 is 2.63 bits per heavy atom. The molecule has 1 atom stereocenters. The van der Waals surface area contributed by atoms with Gasteiger partial charge in [0, 0.05) is 36.9 Å². The van der Waals surface area contributed by atoms with E-state index < -0.39 is 22.2 Å². The lowest BCUT2D eigenvalue weighted by molar-refractivity contribution is -0.387. The van der Waals surface area contributed by atoms with Gasteiger partial charge in [0.2, 0.25) is 5.82 Å². The molecule has 0 spiro atoms. The van der Waals surface area contributed by atoms with Crippen molar-refractivity contribution in [2.45, 2.75) is 32.4 Å². The van der Waals surface area contributed by atoms with Crippen LogP contribution in [0.2, 0.25) is 0 Å². The molecule has 0 saturated heterocycles. The molecular formula is C12H16F2N2O3. The molecule has 7 heteroatoms. The fourth-order valence-corrected chi connectivity index (χ4v) is 1.72. The maximum Gasteiger partial charge on any atom is 0.305 e. The van der Waals surface area contributed by atoms with E-state index in [1.807, 2.05) is 6.92 Å². The lowest BCUT2D eigenvalue weighted by atomic mass is 10.1. The molecule has 1 unspecified atom stereocenters. The van der Waals surface area contributed by atoms with Gasteiger partial charge in [0.05, 0.1) is 4.92 Å². The molecule has 0 radical (unpaired) electrons. The third-order valence-electron chi connectivity index (χ3n) is 2.86. The summed E-state index contributed by atoms with van der Waals surface area (Å²) in [6.45, 7) is 1.94. The summed E-state index contributed by atoms with van der Waals surface area (Å²) in [4.78, 5) is 9.69. The predicted molar refractivity (Wildman–Crippen MR) is 65.6 cm³/mol. The summed E-state index contributed by atoms with van der Waals surface area (Å²) in [5, 5.41) is 22.4. The third kappa shape index (κ3) is 4.22. The number of nitrogens with zero attached hydrogens (tertiary/aromatic N) is 1. The summed E-state index contributed by atoms with van der Waals surface area (Å²) in [5.41, 5.74) is -0.710. The Labute approximate surface area is 109 Å². The van der Waals surface area contributed by atoms with E-state index in [1.165, 1.54) is 0 Å². The van der Waals surface area contributed by atoms with Gasteiger partial charge in [-0.2, -0.15) is 4.39 Å². The van der Waals surface area contributed by atoms with Crippen LogP contribution in [0.3, 0.4) is 0 Å². The number of nitrogens with one attached hydrogen (secondary N) is 1. The second kappa shape index (κ2) is 7.10. The zero-order valence-electron chi connectivity index (χ0n) is 10.5. The Hall–Kier alpha value is -1.60. The molecule has 0 aliphatic heterocycles. The molecule has 0 aromatic heterocycles. The van der Waals surface area contributed by atoms with Crippen LogP contribution in [0.4, 0.5) is 14.5 Å². The second-order valence-corrected chi connectivity index (χ2v) is 4.15. The van der Waals surface area contributed by atoms with Gasteiger partial charge in [-0.15, -0.1) is 0 Å². The van der Waals surface area contributed by atoms with E-state index in [0.717, 1.165) is 12.5 Å². The summed E-state index contributed by atoms with van der Waals surface area (Å²) in [6, 6.07) is 1.39. The van der Waals surface area contributed by atoms with E-state index in [4.69, 9.17) is 5.11 Å². The van der Waals surface area contributed by atoms with Crippen molar-refractivity contribution in [3.05, 3.63) is 39.4 Å². The van der Waals surface area contributed by atoms with Crippen LogP contribution < -0.4 is 5.32 Å². The number of aliphatic hydroxyl groups excluding tert-OH is 1. The fraction of sp³-hybridized carbons (Fsp3) is 0.500. The van der Waals surface area contributed by atoms with Crippen LogP contribution >= 0.6 is 0 Å². The van der Waals surface area contributed by atoms with Crippen molar-refractivity contribution in [3.8, 4) is 0 Å². The molecular weight excluding hydrogens is 258 g/mol. The normalized spacial score (nSPS) is 12.4. The highest BCUT2D eigenvalue weighted by molar-refractivity contribution is 5.37. The first-order valence-corrected chi connectivity index (χ1v) is 5.96. The number of halogens is 2. The van der Waals surface area contributed by atoms with E-state index in [1.54, 1.807) is 0 Å². The average Bonchev–Trinajstić information content (AvgIpc) is 2.35. The summed E-state index contributed by atoms with van der Waals surface area (Å²) < 4.78 is 26.6. The maximum atomic E-state index is 13.5. The van der Waals surface area contributed by atoms with E-state index >= 15 is 0 Å². The van der Waals surface area contributed by atoms with Crippen molar-refractivity contribution >= 4 is 5.69 Å². The van der Waals surface area contributed by atoms with Gasteiger partial charge in [0.15, 0.2) is 0 Å². The smallest absolute Gasteiger partial charge is 0.305 e. The van der Waals surface area contributed by atoms with Gasteiger partial charge in [0.1, 0.15) is 5.82 Å². The van der Waals surface area contributed by atoms with Gasteiger partial charge in [-0.05, 0) is 12.8 Å². The Kier molecular flexibility index (Phi) is 5.78. The summed E-state index contributed by atoms with van der Waals surface area (Å²) >= 11 is 0. The first-order valence-electron chi connectivity index (χ1n) is 5.96. The number of nitro benzene ring substituents is 1. The molecule has 0 amide bonds. The van der Waals surface area contributed by atoms with Crippen molar-refractivity contribution in [2.24, 2.45) is 0 Å². The van der Waals surface area contributed by atoms with E-state index in [2.05, 4.69) is 5.32 Å². The van der Waals surface area contributed by atoms with Gasteiger partial charge in [-0.25, -0.2) is 4.39 Å². The molecule has 2 N–H and O–H groups in total. The molecule has 1 rings (SSSR count). The van der Waals surface area contributed by atoms with Crippen LogP contribution in [0.5, 0.6) is 0 Å². The molecule has 19 heavy (non-hydrogen) atoms. The Morgan fingerprint density at radius 2 is 2.11 bits per heavy atom. The van der Waals surface area contributed by atoms with E-state index in [0.29, 0.717) is 12.5 Å². The highest BCUT2D eigenvalue weighted by Crippen LogP contribution is 2.21. The molecule has 1 aromatic rings. The average molecular weight is 274 g/mol. The summed E-state index contributed by atoms with van der Waals surface area (Å²) in [5.74, 6) is -2.01. The first kappa shape index (κ1) is 15.5. The number of hydrogen-bond donors (Lipinski definition) is 2. The first-order chi connectivity index (χ1) is 8.99. The SMILES string of the molecule is CCC(CCO)NCc1cc([N+](=O)[O-])c(F)cc1F.